The molecule has 0 spiro atoms. The van der Waals surface area contributed by atoms with Crippen LogP contribution < -0.4 is 5.73 Å². The largest absolute Gasteiger partial charge is 0.391 e. The van der Waals surface area contributed by atoms with Crippen molar-refractivity contribution < 1.29 is 5.11 Å². The summed E-state index contributed by atoms with van der Waals surface area (Å²) in [6.45, 7) is -0.104. The minimum atomic E-state index is -0.104. The molecule has 0 fully saturated rings. The van der Waals surface area contributed by atoms with Crippen molar-refractivity contribution in [2.24, 2.45) is 0 Å². The predicted octanol–water partition coefficient (Wildman–Crippen LogP) is -0.449. The molecular formula is C5H7N3O. The number of hydrogen-bond donors (Lipinski definition) is 2. The van der Waals surface area contributed by atoms with Gasteiger partial charge in [-0.3, -0.25) is 0 Å². The first-order valence-corrected chi connectivity index (χ1v) is 2.50. The Balaban J connectivity index is 3.01. The van der Waals surface area contributed by atoms with E-state index in [2.05, 4.69) is 9.97 Å². The van der Waals surface area contributed by atoms with Gasteiger partial charge in [0.25, 0.3) is 0 Å². The second-order valence-corrected chi connectivity index (χ2v) is 1.59. The third-order valence-corrected chi connectivity index (χ3v) is 0.993. The number of anilines is 1. The number of nitrogen functional groups attached to an aromatic ring is 1. The van der Waals surface area contributed by atoms with Crippen LogP contribution in [0.15, 0.2) is 12.5 Å². The van der Waals surface area contributed by atoms with E-state index in [-0.39, 0.29) is 6.61 Å². The number of nitrogens with two attached hydrogens (primary N) is 1. The van der Waals surface area contributed by atoms with E-state index < -0.39 is 0 Å². The van der Waals surface area contributed by atoms with Crippen LogP contribution in [0, 0.1) is 0 Å². The zero-order chi connectivity index (χ0) is 6.69. The Hall–Kier alpha value is -1.16. The van der Waals surface area contributed by atoms with Crippen molar-refractivity contribution in [1.29, 1.82) is 0 Å². The van der Waals surface area contributed by atoms with E-state index in [4.69, 9.17) is 10.8 Å². The summed E-state index contributed by atoms with van der Waals surface area (Å²) in [6.07, 6.45) is 2.83. The van der Waals surface area contributed by atoms with Gasteiger partial charge in [0.05, 0.1) is 6.61 Å². The van der Waals surface area contributed by atoms with Gasteiger partial charge < -0.3 is 10.8 Å². The van der Waals surface area contributed by atoms with Crippen LogP contribution in [-0.2, 0) is 6.61 Å². The maximum Gasteiger partial charge on any atom is 0.132 e. The Labute approximate surface area is 52.4 Å². The lowest BCUT2D eigenvalue weighted by molar-refractivity contribution is 0.281. The maximum atomic E-state index is 8.56. The van der Waals surface area contributed by atoms with Crippen molar-refractivity contribution in [1.82, 2.24) is 9.97 Å². The summed E-state index contributed by atoms with van der Waals surface area (Å²) in [5, 5.41) is 8.56. The molecule has 1 rings (SSSR count). The van der Waals surface area contributed by atoms with Crippen LogP contribution in [0.1, 0.15) is 5.56 Å². The van der Waals surface area contributed by atoms with Gasteiger partial charge in [0, 0.05) is 11.8 Å². The third kappa shape index (κ3) is 1.14. The fraction of sp³-hybridized carbons (Fsp3) is 0.200. The van der Waals surface area contributed by atoms with Crippen LogP contribution in [0.2, 0.25) is 0 Å². The molecule has 4 heteroatoms. The number of aliphatic hydroxyl groups excluding tert-OH is 1. The molecule has 1 aromatic heterocycles. The van der Waals surface area contributed by atoms with Crippen molar-refractivity contribution in [3.8, 4) is 0 Å². The van der Waals surface area contributed by atoms with E-state index in [9.17, 15) is 0 Å². The first-order chi connectivity index (χ1) is 4.34. The SMILES string of the molecule is Nc1ncncc1CO. The molecule has 0 aliphatic carbocycles. The lowest BCUT2D eigenvalue weighted by Crippen LogP contribution is -1.97. The molecule has 0 aromatic carbocycles. The molecule has 48 valence electrons. The fourth-order valence-corrected chi connectivity index (χ4v) is 0.490. The topological polar surface area (TPSA) is 72.0 Å². The molecule has 0 bridgehead atoms. The van der Waals surface area contributed by atoms with Crippen LogP contribution in [0.25, 0.3) is 0 Å². The molecule has 1 aromatic rings. The van der Waals surface area contributed by atoms with E-state index >= 15 is 0 Å². The Kier molecular flexibility index (Phi) is 1.60. The van der Waals surface area contributed by atoms with Crippen LogP contribution in [-0.4, -0.2) is 15.1 Å². The quantitative estimate of drug-likeness (QED) is 0.533. The van der Waals surface area contributed by atoms with Crippen molar-refractivity contribution in [3.63, 3.8) is 0 Å². The lowest BCUT2D eigenvalue weighted by Gasteiger charge is -1.95. The summed E-state index contributed by atoms with van der Waals surface area (Å²) in [5.41, 5.74) is 5.89. The van der Waals surface area contributed by atoms with Crippen LogP contribution in [0.5, 0.6) is 0 Å². The number of nitrogens with zero attached hydrogens (tertiary/aromatic N) is 2. The zero-order valence-electron chi connectivity index (χ0n) is 4.78. The lowest BCUT2D eigenvalue weighted by atomic mass is 10.3. The molecule has 4 nitrogen and oxygen atoms in total. The second kappa shape index (κ2) is 2.41. The van der Waals surface area contributed by atoms with Gasteiger partial charge in [-0.1, -0.05) is 0 Å². The highest BCUT2D eigenvalue weighted by atomic mass is 16.3. The first-order valence-electron chi connectivity index (χ1n) is 2.50. The average molecular weight is 125 g/mol. The van der Waals surface area contributed by atoms with Gasteiger partial charge in [0.15, 0.2) is 0 Å². The normalized spacial score (nSPS) is 9.44. The van der Waals surface area contributed by atoms with Gasteiger partial charge in [0.2, 0.25) is 0 Å². The van der Waals surface area contributed by atoms with Crippen molar-refractivity contribution >= 4 is 5.82 Å². The minimum Gasteiger partial charge on any atom is -0.391 e. The molecular weight excluding hydrogens is 118 g/mol. The Morgan fingerprint density at radius 1 is 1.67 bits per heavy atom. The standard InChI is InChI=1S/C5H7N3O/c6-5-4(2-9)1-7-3-8-5/h1,3,9H,2H2,(H2,6,7,8). The summed E-state index contributed by atoms with van der Waals surface area (Å²) in [7, 11) is 0. The smallest absolute Gasteiger partial charge is 0.132 e. The minimum absolute atomic E-state index is 0.104. The molecule has 0 radical (unpaired) electrons. The molecule has 3 N–H and O–H groups in total. The molecule has 0 saturated carbocycles. The second-order valence-electron chi connectivity index (χ2n) is 1.59. The fourth-order valence-electron chi connectivity index (χ4n) is 0.490. The Morgan fingerprint density at radius 2 is 2.44 bits per heavy atom. The van der Waals surface area contributed by atoms with Crippen LogP contribution in [0.3, 0.4) is 0 Å². The maximum absolute atomic E-state index is 8.56. The number of aliphatic hydroxyl groups is 1. The molecule has 0 atom stereocenters. The van der Waals surface area contributed by atoms with E-state index in [0.717, 1.165) is 0 Å². The highest BCUT2D eigenvalue weighted by Crippen LogP contribution is 2.02. The summed E-state index contributed by atoms with van der Waals surface area (Å²) in [4.78, 5) is 7.32. The van der Waals surface area contributed by atoms with Gasteiger partial charge in [-0.15, -0.1) is 0 Å². The van der Waals surface area contributed by atoms with Crippen LogP contribution in [0.4, 0.5) is 5.82 Å². The predicted molar refractivity (Wildman–Crippen MR) is 32.4 cm³/mol. The molecule has 0 aliphatic heterocycles. The summed E-state index contributed by atoms with van der Waals surface area (Å²) in [6, 6.07) is 0. The number of aromatic nitrogens is 2. The van der Waals surface area contributed by atoms with E-state index in [0.29, 0.717) is 11.4 Å². The number of hydrogen-bond acceptors (Lipinski definition) is 4. The Morgan fingerprint density at radius 3 is 2.89 bits per heavy atom. The average Bonchev–Trinajstić information content (AvgIpc) is 1.89. The molecule has 0 aliphatic rings. The van der Waals surface area contributed by atoms with Gasteiger partial charge in [-0.05, 0) is 0 Å². The molecule has 0 unspecified atom stereocenters. The molecule has 9 heavy (non-hydrogen) atoms. The molecule has 1 heterocycles. The van der Waals surface area contributed by atoms with Crippen LogP contribution >= 0.6 is 0 Å². The number of rotatable bonds is 1. The highest BCUT2D eigenvalue weighted by molar-refractivity contribution is 5.35. The van der Waals surface area contributed by atoms with Crippen molar-refractivity contribution in [3.05, 3.63) is 18.1 Å². The van der Waals surface area contributed by atoms with E-state index in [1.807, 2.05) is 0 Å². The molecule has 0 amide bonds. The first kappa shape index (κ1) is 5.97. The van der Waals surface area contributed by atoms with Gasteiger partial charge in [-0.25, -0.2) is 9.97 Å². The monoisotopic (exact) mass is 125 g/mol. The molecule has 0 saturated heterocycles. The summed E-state index contributed by atoms with van der Waals surface area (Å²) in [5.74, 6) is 0.340. The summed E-state index contributed by atoms with van der Waals surface area (Å²) >= 11 is 0. The van der Waals surface area contributed by atoms with Gasteiger partial charge >= 0.3 is 0 Å². The van der Waals surface area contributed by atoms with Gasteiger partial charge in [-0.2, -0.15) is 0 Å². The summed E-state index contributed by atoms with van der Waals surface area (Å²) < 4.78 is 0. The van der Waals surface area contributed by atoms with Gasteiger partial charge in [0.1, 0.15) is 12.1 Å². The highest BCUT2D eigenvalue weighted by Gasteiger charge is 1.94. The Bertz CT molecular complexity index is 201. The third-order valence-electron chi connectivity index (χ3n) is 0.993. The van der Waals surface area contributed by atoms with Crippen molar-refractivity contribution in [2.75, 3.05) is 5.73 Å². The van der Waals surface area contributed by atoms with E-state index in [1.54, 1.807) is 0 Å². The van der Waals surface area contributed by atoms with Crippen molar-refractivity contribution in [2.45, 2.75) is 6.61 Å². The van der Waals surface area contributed by atoms with E-state index in [1.165, 1.54) is 12.5 Å². The zero-order valence-corrected chi connectivity index (χ0v) is 4.78.